The van der Waals surface area contributed by atoms with Crippen molar-refractivity contribution in [2.75, 3.05) is 26.2 Å². The molecule has 0 saturated carbocycles. The molecule has 0 N–H and O–H groups in total. The van der Waals surface area contributed by atoms with Crippen LogP contribution in [-0.4, -0.2) is 49.3 Å². The van der Waals surface area contributed by atoms with Crippen LogP contribution in [0.3, 0.4) is 0 Å². The summed E-state index contributed by atoms with van der Waals surface area (Å²) in [6, 6.07) is 0. The van der Waals surface area contributed by atoms with Crippen molar-refractivity contribution < 1.29 is 14.3 Å². The molecular weight excluding hydrogens is 206 g/mol. The Bertz CT molecular complexity index is 243. The number of carbonyl (C=O) groups excluding carboxylic acids is 1. The van der Waals surface area contributed by atoms with E-state index in [1.165, 1.54) is 6.08 Å². The van der Waals surface area contributed by atoms with E-state index in [2.05, 4.69) is 18.7 Å². The van der Waals surface area contributed by atoms with Crippen molar-refractivity contribution in [3.63, 3.8) is 0 Å². The minimum absolute atomic E-state index is 0.264. The molecule has 0 spiro atoms. The van der Waals surface area contributed by atoms with Crippen LogP contribution < -0.4 is 0 Å². The van der Waals surface area contributed by atoms with Gasteiger partial charge in [0.25, 0.3) is 0 Å². The summed E-state index contributed by atoms with van der Waals surface area (Å²) in [5, 5.41) is 0. The predicted molar refractivity (Wildman–Crippen MR) is 62.2 cm³/mol. The van der Waals surface area contributed by atoms with Crippen LogP contribution in [-0.2, 0) is 14.3 Å². The largest absolute Gasteiger partial charge is 0.463 e. The van der Waals surface area contributed by atoms with Gasteiger partial charge in [-0.15, -0.1) is 0 Å². The number of hydrogen-bond donors (Lipinski definition) is 0. The monoisotopic (exact) mass is 227 g/mol. The Hall–Kier alpha value is -0.870. The molecule has 1 rings (SSSR count). The smallest absolute Gasteiger partial charge is 0.330 e. The van der Waals surface area contributed by atoms with Crippen LogP contribution in [0.5, 0.6) is 0 Å². The molecule has 0 aromatic rings. The van der Waals surface area contributed by atoms with Crippen molar-refractivity contribution in [2.24, 2.45) is 0 Å². The third-order valence-corrected chi connectivity index (χ3v) is 2.40. The Morgan fingerprint density at radius 1 is 1.44 bits per heavy atom. The molecule has 1 heterocycles. The van der Waals surface area contributed by atoms with Gasteiger partial charge in [0.1, 0.15) is 0 Å². The fourth-order valence-corrected chi connectivity index (χ4v) is 1.92. The van der Waals surface area contributed by atoms with Crippen molar-refractivity contribution in [3.8, 4) is 0 Å². The number of rotatable bonds is 4. The Morgan fingerprint density at radius 3 is 2.62 bits per heavy atom. The summed E-state index contributed by atoms with van der Waals surface area (Å²) in [6.07, 6.45) is 3.87. The molecule has 0 aromatic carbocycles. The van der Waals surface area contributed by atoms with E-state index in [0.717, 1.165) is 19.6 Å². The van der Waals surface area contributed by atoms with Crippen molar-refractivity contribution in [1.82, 2.24) is 4.90 Å². The van der Waals surface area contributed by atoms with E-state index < -0.39 is 0 Å². The number of nitrogens with zero attached hydrogens (tertiary/aromatic N) is 1. The van der Waals surface area contributed by atoms with Crippen LogP contribution in [0.4, 0.5) is 0 Å². The Kier molecular flexibility index (Phi) is 5.49. The number of carbonyl (C=O) groups is 1. The van der Waals surface area contributed by atoms with Crippen LogP contribution >= 0.6 is 0 Å². The number of morpholine rings is 1. The molecule has 0 aromatic heterocycles. The molecule has 1 aliphatic heterocycles. The lowest BCUT2D eigenvalue weighted by atomic mass is 10.2. The van der Waals surface area contributed by atoms with E-state index >= 15 is 0 Å². The first-order chi connectivity index (χ1) is 7.61. The second kappa shape index (κ2) is 6.66. The predicted octanol–water partition coefficient (Wildman–Crippen LogP) is 1.21. The number of ether oxygens (including phenoxy) is 2. The highest BCUT2D eigenvalue weighted by Gasteiger charge is 2.20. The summed E-state index contributed by atoms with van der Waals surface area (Å²) < 4.78 is 10.4. The molecule has 1 aliphatic rings. The summed E-state index contributed by atoms with van der Waals surface area (Å²) >= 11 is 0. The van der Waals surface area contributed by atoms with Gasteiger partial charge in [0.05, 0.1) is 18.8 Å². The van der Waals surface area contributed by atoms with Gasteiger partial charge in [-0.2, -0.15) is 0 Å². The summed E-state index contributed by atoms with van der Waals surface area (Å²) in [5.41, 5.74) is 0. The zero-order valence-corrected chi connectivity index (χ0v) is 10.3. The van der Waals surface area contributed by atoms with Gasteiger partial charge in [0.2, 0.25) is 0 Å². The van der Waals surface area contributed by atoms with Gasteiger partial charge in [-0.1, -0.05) is 6.08 Å². The zero-order chi connectivity index (χ0) is 12.0. The van der Waals surface area contributed by atoms with Gasteiger partial charge < -0.3 is 9.47 Å². The molecular formula is C12H21NO3. The lowest BCUT2D eigenvalue weighted by Crippen LogP contribution is -2.45. The van der Waals surface area contributed by atoms with Gasteiger partial charge >= 0.3 is 5.97 Å². The van der Waals surface area contributed by atoms with Gasteiger partial charge in [-0.3, -0.25) is 4.90 Å². The third kappa shape index (κ3) is 4.77. The molecule has 1 saturated heterocycles. The SMILES string of the molecule is CCOC(=O)/C=C/CN1CC(C)OC(C)C1. The minimum atomic E-state index is -0.267. The molecule has 0 aliphatic carbocycles. The van der Waals surface area contributed by atoms with Crippen LogP contribution in [0.1, 0.15) is 20.8 Å². The highest BCUT2D eigenvalue weighted by atomic mass is 16.5. The lowest BCUT2D eigenvalue weighted by molar-refractivity contribution is -0.137. The van der Waals surface area contributed by atoms with E-state index in [9.17, 15) is 4.79 Å². The fourth-order valence-electron chi connectivity index (χ4n) is 1.92. The molecule has 0 radical (unpaired) electrons. The summed E-state index contributed by atoms with van der Waals surface area (Å²) in [6.45, 7) is 8.97. The van der Waals surface area contributed by atoms with E-state index in [1.54, 1.807) is 6.92 Å². The molecule has 1 fully saturated rings. The average Bonchev–Trinajstić information content (AvgIpc) is 2.16. The van der Waals surface area contributed by atoms with Crippen LogP contribution in [0.2, 0.25) is 0 Å². The highest BCUT2D eigenvalue weighted by Crippen LogP contribution is 2.09. The fraction of sp³-hybridized carbons (Fsp3) is 0.750. The topological polar surface area (TPSA) is 38.8 Å². The maximum Gasteiger partial charge on any atom is 0.330 e. The van der Waals surface area contributed by atoms with Crippen molar-refractivity contribution in [2.45, 2.75) is 33.0 Å². The van der Waals surface area contributed by atoms with Gasteiger partial charge in [-0.05, 0) is 20.8 Å². The van der Waals surface area contributed by atoms with Crippen LogP contribution in [0.15, 0.2) is 12.2 Å². The van der Waals surface area contributed by atoms with Gasteiger partial charge in [0.15, 0.2) is 0 Å². The average molecular weight is 227 g/mol. The minimum Gasteiger partial charge on any atom is -0.463 e. The summed E-state index contributed by atoms with van der Waals surface area (Å²) in [5.74, 6) is -0.267. The van der Waals surface area contributed by atoms with E-state index in [4.69, 9.17) is 9.47 Å². The van der Waals surface area contributed by atoms with E-state index in [1.807, 2.05) is 6.08 Å². The van der Waals surface area contributed by atoms with E-state index in [0.29, 0.717) is 6.61 Å². The second-order valence-electron chi connectivity index (χ2n) is 4.13. The standard InChI is InChI=1S/C12H21NO3/c1-4-15-12(14)6-5-7-13-8-10(2)16-11(3)9-13/h5-6,10-11H,4,7-9H2,1-3H3/b6-5+. The Morgan fingerprint density at radius 2 is 2.06 bits per heavy atom. The molecule has 2 atom stereocenters. The quantitative estimate of drug-likeness (QED) is 0.534. The third-order valence-electron chi connectivity index (χ3n) is 2.40. The Balaban J connectivity index is 2.28. The highest BCUT2D eigenvalue weighted by molar-refractivity contribution is 5.81. The second-order valence-corrected chi connectivity index (χ2v) is 4.13. The molecule has 0 bridgehead atoms. The van der Waals surface area contributed by atoms with Gasteiger partial charge in [0, 0.05) is 25.7 Å². The Labute approximate surface area is 97.2 Å². The maximum atomic E-state index is 11.1. The van der Waals surface area contributed by atoms with Crippen molar-refractivity contribution in [3.05, 3.63) is 12.2 Å². The first-order valence-electron chi connectivity index (χ1n) is 5.83. The van der Waals surface area contributed by atoms with Crippen LogP contribution in [0, 0.1) is 0 Å². The number of hydrogen-bond acceptors (Lipinski definition) is 4. The molecule has 16 heavy (non-hydrogen) atoms. The van der Waals surface area contributed by atoms with Gasteiger partial charge in [-0.25, -0.2) is 4.79 Å². The maximum absolute atomic E-state index is 11.1. The summed E-state index contributed by atoms with van der Waals surface area (Å²) in [7, 11) is 0. The summed E-state index contributed by atoms with van der Waals surface area (Å²) in [4.78, 5) is 13.3. The molecule has 92 valence electrons. The lowest BCUT2D eigenvalue weighted by Gasteiger charge is -2.34. The molecule has 4 heteroatoms. The number of esters is 1. The van der Waals surface area contributed by atoms with Crippen molar-refractivity contribution in [1.29, 1.82) is 0 Å². The first kappa shape index (κ1) is 13.2. The molecule has 0 amide bonds. The van der Waals surface area contributed by atoms with Crippen LogP contribution in [0.25, 0.3) is 0 Å². The van der Waals surface area contributed by atoms with Crippen molar-refractivity contribution >= 4 is 5.97 Å². The zero-order valence-electron chi connectivity index (χ0n) is 10.3. The van der Waals surface area contributed by atoms with E-state index in [-0.39, 0.29) is 18.2 Å². The first-order valence-corrected chi connectivity index (χ1v) is 5.83. The molecule has 4 nitrogen and oxygen atoms in total. The normalized spacial score (nSPS) is 27.2. The molecule has 2 unspecified atom stereocenters.